The van der Waals surface area contributed by atoms with E-state index >= 15 is 0 Å². The molecule has 3 unspecified atom stereocenters. The normalized spacial score (nSPS) is 30.0. The fourth-order valence-electron chi connectivity index (χ4n) is 2.30. The smallest absolute Gasteiger partial charge is 0.126 e. The van der Waals surface area contributed by atoms with Crippen LogP contribution in [0.25, 0.3) is 0 Å². The first-order chi connectivity index (χ1) is 7.65. The minimum absolute atomic E-state index is 0.341. The van der Waals surface area contributed by atoms with Crippen molar-refractivity contribution in [2.75, 3.05) is 5.73 Å². The lowest BCUT2D eigenvalue weighted by molar-refractivity contribution is 0.101. The van der Waals surface area contributed by atoms with Gasteiger partial charge in [0.2, 0.25) is 0 Å². The average Bonchev–Trinajstić information content (AvgIpc) is 2.24. The molecule has 1 aromatic rings. The molecule has 0 saturated heterocycles. The van der Waals surface area contributed by atoms with E-state index in [-0.39, 0.29) is 0 Å². The molecule has 2 rings (SSSR count). The third-order valence-corrected chi connectivity index (χ3v) is 3.61. The predicted octanol–water partition coefficient (Wildman–Crippen LogP) is 2.87. The maximum Gasteiger partial charge on any atom is 0.126 e. The second-order valence-electron chi connectivity index (χ2n) is 4.92. The lowest BCUT2D eigenvalue weighted by atomic mass is 9.80. The zero-order valence-electron chi connectivity index (χ0n) is 10.0. The van der Waals surface area contributed by atoms with Crippen LogP contribution in [-0.2, 0) is 0 Å². The van der Waals surface area contributed by atoms with Crippen molar-refractivity contribution in [2.24, 2.45) is 11.8 Å². The Balaban J connectivity index is 1.95. The molecule has 0 aromatic carbocycles. The van der Waals surface area contributed by atoms with Gasteiger partial charge in [0, 0.05) is 12.3 Å². The topological polar surface area (TPSA) is 48.1 Å². The molecule has 3 atom stereocenters. The Kier molecular flexibility index (Phi) is 3.32. The lowest BCUT2D eigenvalue weighted by Gasteiger charge is -2.32. The highest BCUT2D eigenvalue weighted by atomic mass is 16.5. The summed E-state index contributed by atoms with van der Waals surface area (Å²) in [5.74, 6) is 2.94. The minimum Gasteiger partial charge on any atom is -0.490 e. The predicted molar refractivity (Wildman–Crippen MR) is 65.2 cm³/mol. The zero-order valence-corrected chi connectivity index (χ0v) is 10.0. The number of hydrogen-bond acceptors (Lipinski definition) is 3. The molecule has 88 valence electrons. The summed E-state index contributed by atoms with van der Waals surface area (Å²) in [5, 5.41) is 0. The summed E-state index contributed by atoms with van der Waals surface area (Å²) < 4.78 is 5.93. The number of anilines is 1. The summed E-state index contributed by atoms with van der Waals surface area (Å²) >= 11 is 0. The van der Waals surface area contributed by atoms with Crippen molar-refractivity contribution in [3.8, 4) is 5.75 Å². The van der Waals surface area contributed by atoms with Crippen molar-refractivity contribution in [3.05, 3.63) is 18.3 Å². The lowest BCUT2D eigenvalue weighted by Crippen LogP contribution is -2.28. The summed E-state index contributed by atoms with van der Waals surface area (Å²) in [6.45, 7) is 4.63. The second-order valence-corrected chi connectivity index (χ2v) is 4.92. The minimum atomic E-state index is 0.341. The van der Waals surface area contributed by atoms with Gasteiger partial charge < -0.3 is 10.5 Å². The van der Waals surface area contributed by atoms with Gasteiger partial charge in [0.25, 0.3) is 0 Å². The number of aromatic nitrogens is 1. The molecule has 1 saturated carbocycles. The van der Waals surface area contributed by atoms with Crippen LogP contribution in [0, 0.1) is 11.8 Å². The van der Waals surface area contributed by atoms with Gasteiger partial charge >= 0.3 is 0 Å². The molecule has 16 heavy (non-hydrogen) atoms. The van der Waals surface area contributed by atoms with Crippen molar-refractivity contribution in [2.45, 2.75) is 39.2 Å². The van der Waals surface area contributed by atoms with Gasteiger partial charge in [-0.25, -0.2) is 4.98 Å². The molecule has 0 spiro atoms. The quantitative estimate of drug-likeness (QED) is 0.833. The van der Waals surface area contributed by atoms with Crippen molar-refractivity contribution in [1.82, 2.24) is 4.98 Å². The van der Waals surface area contributed by atoms with E-state index in [9.17, 15) is 0 Å². The fourth-order valence-corrected chi connectivity index (χ4v) is 2.30. The molecule has 1 aromatic heterocycles. The average molecular weight is 220 g/mol. The van der Waals surface area contributed by atoms with Crippen LogP contribution in [-0.4, -0.2) is 11.1 Å². The molecular weight excluding hydrogens is 200 g/mol. The standard InChI is InChI=1S/C13H20N2O/c1-9-3-4-11(7-10(9)2)16-12-5-6-15-13(14)8-12/h5-6,8-11H,3-4,7H2,1-2H3,(H2,14,15). The Hall–Kier alpha value is -1.25. The molecular formula is C13H20N2O. The number of nitrogens with zero attached hydrogens (tertiary/aromatic N) is 1. The van der Waals surface area contributed by atoms with Crippen LogP contribution in [0.3, 0.4) is 0 Å². The Morgan fingerprint density at radius 1 is 1.31 bits per heavy atom. The fraction of sp³-hybridized carbons (Fsp3) is 0.615. The molecule has 0 amide bonds. The first-order valence-corrected chi connectivity index (χ1v) is 6.03. The van der Waals surface area contributed by atoms with Crippen LogP contribution in [0.15, 0.2) is 18.3 Å². The number of pyridine rings is 1. The van der Waals surface area contributed by atoms with Gasteiger partial charge in [0.15, 0.2) is 0 Å². The van der Waals surface area contributed by atoms with E-state index in [1.165, 1.54) is 6.42 Å². The Morgan fingerprint density at radius 2 is 2.12 bits per heavy atom. The third kappa shape index (κ3) is 2.65. The first-order valence-electron chi connectivity index (χ1n) is 6.03. The summed E-state index contributed by atoms with van der Waals surface area (Å²) in [4.78, 5) is 3.96. The molecule has 0 aliphatic heterocycles. The van der Waals surface area contributed by atoms with Crippen molar-refractivity contribution in [1.29, 1.82) is 0 Å². The number of nitrogens with two attached hydrogens (primary N) is 1. The van der Waals surface area contributed by atoms with Gasteiger partial charge in [0.05, 0.1) is 6.10 Å². The first kappa shape index (κ1) is 11.2. The number of hydrogen-bond donors (Lipinski definition) is 1. The maximum atomic E-state index is 5.93. The highest BCUT2D eigenvalue weighted by Crippen LogP contribution is 2.31. The monoisotopic (exact) mass is 220 g/mol. The van der Waals surface area contributed by atoms with E-state index < -0.39 is 0 Å². The van der Waals surface area contributed by atoms with E-state index in [2.05, 4.69) is 18.8 Å². The molecule has 1 aliphatic rings. The maximum absolute atomic E-state index is 5.93. The Morgan fingerprint density at radius 3 is 2.81 bits per heavy atom. The highest BCUT2D eigenvalue weighted by molar-refractivity contribution is 5.35. The van der Waals surface area contributed by atoms with Gasteiger partial charge in [-0.15, -0.1) is 0 Å². The SMILES string of the molecule is CC1CCC(Oc2ccnc(N)c2)CC1C. The summed E-state index contributed by atoms with van der Waals surface area (Å²) in [6.07, 6.45) is 5.58. The molecule has 1 fully saturated rings. The van der Waals surface area contributed by atoms with Crippen molar-refractivity contribution >= 4 is 5.82 Å². The molecule has 3 nitrogen and oxygen atoms in total. The van der Waals surface area contributed by atoms with E-state index in [0.29, 0.717) is 11.9 Å². The van der Waals surface area contributed by atoms with E-state index in [1.54, 1.807) is 12.3 Å². The van der Waals surface area contributed by atoms with E-state index in [4.69, 9.17) is 10.5 Å². The number of ether oxygens (including phenoxy) is 1. The molecule has 2 N–H and O–H groups in total. The van der Waals surface area contributed by atoms with Crippen LogP contribution in [0.1, 0.15) is 33.1 Å². The molecule has 3 heteroatoms. The largest absolute Gasteiger partial charge is 0.490 e. The summed E-state index contributed by atoms with van der Waals surface area (Å²) in [6, 6.07) is 3.67. The van der Waals surface area contributed by atoms with E-state index in [1.807, 2.05) is 6.07 Å². The zero-order chi connectivity index (χ0) is 11.5. The molecule has 1 aliphatic carbocycles. The summed E-state index contributed by atoms with van der Waals surface area (Å²) in [7, 11) is 0. The second kappa shape index (κ2) is 4.73. The Labute approximate surface area is 97.0 Å². The van der Waals surface area contributed by atoms with Crippen LogP contribution in [0.2, 0.25) is 0 Å². The van der Waals surface area contributed by atoms with Crippen molar-refractivity contribution < 1.29 is 4.74 Å². The van der Waals surface area contributed by atoms with Crippen LogP contribution < -0.4 is 10.5 Å². The van der Waals surface area contributed by atoms with Gasteiger partial charge in [0.1, 0.15) is 11.6 Å². The molecule has 0 bridgehead atoms. The number of rotatable bonds is 2. The molecule has 1 heterocycles. The van der Waals surface area contributed by atoms with Crippen LogP contribution in [0.5, 0.6) is 5.75 Å². The van der Waals surface area contributed by atoms with Gasteiger partial charge in [-0.1, -0.05) is 13.8 Å². The highest BCUT2D eigenvalue weighted by Gasteiger charge is 2.25. The molecule has 0 radical (unpaired) electrons. The van der Waals surface area contributed by atoms with Gasteiger partial charge in [-0.05, 0) is 37.2 Å². The van der Waals surface area contributed by atoms with Gasteiger partial charge in [-0.3, -0.25) is 0 Å². The van der Waals surface area contributed by atoms with E-state index in [0.717, 1.165) is 30.4 Å². The van der Waals surface area contributed by atoms with Crippen molar-refractivity contribution in [3.63, 3.8) is 0 Å². The number of nitrogen functional groups attached to an aromatic ring is 1. The summed E-state index contributed by atoms with van der Waals surface area (Å²) in [5.41, 5.74) is 5.62. The van der Waals surface area contributed by atoms with Crippen LogP contribution >= 0.6 is 0 Å². The van der Waals surface area contributed by atoms with Crippen LogP contribution in [0.4, 0.5) is 5.82 Å². The Bertz CT molecular complexity index is 354. The third-order valence-electron chi connectivity index (χ3n) is 3.61. The van der Waals surface area contributed by atoms with Gasteiger partial charge in [-0.2, -0.15) is 0 Å².